The zero-order valence-corrected chi connectivity index (χ0v) is 19.3. The number of sulfonamides is 1. The standard InChI is InChI=1S/C21H34N2O6S/c1-15(2)8-10-28-19-7-6-18(12-20(19)27-5)21(24)22-9-11-30(25,26)23-13-16(3)29-17(4)14-23/h6-7,12,15-17H,8-11,13-14H2,1-5H3,(H,22,24). The van der Waals surface area contributed by atoms with Gasteiger partial charge in [-0.15, -0.1) is 0 Å². The minimum absolute atomic E-state index is 0.0240. The number of carbonyl (C=O) groups excluding carboxylic acids is 1. The molecular formula is C21H34N2O6S. The van der Waals surface area contributed by atoms with E-state index in [2.05, 4.69) is 19.2 Å². The molecule has 2 unspecified atom stereocenters. The van der Waals surface area contributed by atoms with Gasteiger partial charge in [0, 0.05) is 25.2 Å². The third-order valence-electron chi connectivity index (χ3n) is 4.80. The molecule has 2 rings (SSSR count). The van der Waals surface area contributed by atoms with Gasteiger partial charge in [0.15, 0.2) is 11.5 Å². The van der Waals surface area contributed by atoms with Gasteiger partial charge in [-0.05, 0) is 44.4 Å². The number of rotatable bonds is 10. The molecule has 0 bridgehead atoms. The van der Waals surface area contributed by atoms with Crippen LogP contribution in [0.1, 0.15) is 44.5 Å². The van der Waals surface area contributed by atoms with Gasteiger partial charge in [0.25, 0.3) is 5.91 Å². The number of morpholine rings is 1. The highest BCUT2D eigenvalue weighted by Crippen LogP contribution is 2.28. The highest BCUT2D eigenvalue weighted by Gasteiger charge is 2.30. The predicted molar refractivity (Wildman–Crippen MR) is 116 cm³/mol. The molecular weight excluding hydrogens is 408 g/mol. The number of nitrogens with one attached hydrogen (secondary N) is 1. The smallest absolute Gasteiger partial charge is 0.251 e. The van der Waals surface area contributed by atoms with Crippen molar-refractivity contribution in [1.82, 2.24) is 9.62 Å². The number of hydrogen-bond acceptors (Lipinski definition) is 6. The molecule has 1 aliphatic rings. The molecule has 1 aliphatic heterocycles. The summed E-state index contributed by atoms with van der Waals surface area (Å²) >= 11 is 0. The molecule has 0 saturated carbocycles. The summed E-state index contributed by atoms with van der Waals surface area (Å²) in [4.78, 5) is 12.5. The highest BCUT2D eigenvalue weighted by molar-refractivity contribution is 7.89. The number of ether oxygens (including phenoxy) is 3. The van der Waals surface area contributed by atoms with E-state index in [9.17, 15) is 13.2 Å². The molecule has 0 aromatic heterocycles. The van der Waals surface area contributed by atoms with Crippen molar-refractivity contribution < 1.29 is 27.4 Å². The highest BCUT2D eigenvalue weighted by atomic mass is 32.2. The van der Waals surface area contributed by atoms with Crippen molar-refractivity contribution in [3.63, 3.8) is 0 Å². The zero-order chi connectivity index (χ0) is 22.3. The van der Waals surface area contributed by atoms with E-state index < -0.39 is 10.0 Å². The first-order valence-corrected chi connectivity index (χ1v) is 12.0. The summed E-state index contributed by atoms with van der Waals surface area (Å²) in [7, 11) is -1.95. The Morgan fingerprint density at radius 1 is 1.23 bits per heavy atom. The van der Waals surface area contributed by atoms with Crippen LogP contribution in [-0.2, 0) is 14.8 Å². The molecule has 1 saturated heterocycles. The van der Waals surface area contributed by atoms with Gasteiger partial charge in [-0.3, -0.25) is 4.79 Å². The van der Waals surface area contributed by atoms with Crippen LogP contribution in [0.15, 0.2) is 18.2 Å². The topological polar surface area (TPSA) is 94.2 Å². The van der Waals surface area contributed by atoms with Crippen molar-refractivity contribution in [2.75, 3.05) is 39.1 Å². The number of methoxy groups -OCH3 is 1. The van der Waals surface area contributed by atoms with Crippen LogP contribution in [0.5, 0.6) is 11.5 Å². The average Bonchev–Trinajstić information content (AvgIpc) is 2.66. The first-order chi connectivity index (χ1) is 14.1. The van der Waals surface area contributed by atoms with Crippen LogP contribution in [0.4, 0.5) is 0 Å². The molecule has 1 aromatic rings. The van der Waals surface area contributed by atoms with Gasteiger partial charge in [0.1, 0.15) is 0 Å². The monoisotopic (exact) mass is 442 g/mol. The van der Waals surface area contributed by atoms with E-state index in [0.29, 0.717) is 42.7 Å². The maximum Gasteiger partial charge on any atom is 0.251 e. The second kappa shape index (κ2) is 11.0. The Morgan fingerprint density at radius 3 is 2.50 bits per heavy atom. The van der Waals surface area contributed by atoms with Gasteiger partial charge in [-0.2, -0.15) is 4.31 Å². The van der Waals surface area contributed by atoms with Gasteiger partial charge in [0.2, 0.25) is 10.0 Å². The molecule has 2 atom stereocenters. The van der Waals surface area contributed by atoms with Crippen molar-refractivity contribution in [2.45, 2.75) is 46.3 Å². The normalized spacial score (nSPS) is 20.2. The maximum atomic E-state index is 12.6. The SMILES string of the molecule is COc1cc(C(=O)NCCS(=O)(=O)N2CC(C)OC(C)C2)ccc1OCCC(C)C. The van der Waals surface area contributed by atoms with Gasteiger partial charge < -0.3 is 19.5 Å². The molecule has 9 heteroatoms. The van der Waals surface area contributed by atoms with Crippen LogP contribution in [0.2, 0.25) is 0 Å². The molecule has 170 valence electrons. The molecule has 1 aromatic carbocycles. The van der Waals surface area contributed by atoms with Crippen molar-refractivity contribution in [3.05, 3.63) is 23.8 Å². The molecule has 1 heterocycles. The summed E-state index contributed by atoms with van der Waals surface area (Å²) in [6.45, 7) is 9.19. The fraction of sp³-hybridized carbons (Fsp3) is 0.667. The summed E-state index contributed by atoms with van der Waals surface area (Å²) in [6, 6.07) is 4.93. The number of benzene rings is 1. The van der Waals surface area contributed by atoms with E-state index in [1.807, 2.05) is 13.8 Å². The zero-order valence-electron chi connectivity index (χ0n) is 18.5. The van der Waals surface area contributed by atoms with Crippen LogP contribution in [0.3, 0.4) is 0 Å². The second-order valence-corrected chi connectivity index (χ2v) is 10.1. The van der Waals surface area contributed by atoms with E-state index in [1.54, 1.807) is 18.2 Å². The van der Waals surface area contributed by atoms with E-state index in [0.717, 1.165) is 6.42 Å². The first kappa shape index (κ1) is 24.4. The predicted octanol–water partition coefficient (Wildman–Crippen LogP) is 2.29. The fourth-order valence-corrected chi connectivity index (χ4v) is 4.71. The Hall–Kier alpha value is -1.84. The molecule has 0 radical (unpaired) electrons. The number of nitrogens with zero attached hydrogens (tertiary/aromatic N) is 1. The van der Waals surface area contributed by atoms with Crippen molar-refractivity contribution in [3.8, 4) is 11.5 Å². The van der Waals surface area contributed by atoms with E-state index in [-0.39, 0.29) is 30.4 Å². The summed E-state index contributed by atoms with van der Waals surface area (Å²) in [5.74, 6) is 1.05. The Balaban J connectivity index is 1.91. The minimum atomic E-state index is -3.47. The molecule has 1 amide bonds. The Kier molecular flexibility index (Phi) is 8.93. The number of carbonyl (C=O) groups is 1. The maximum absolute atomic E-state index is 12.6. The fourth-order valence-electron chi connectivity index (χ4n) is 3.22. The Bertz CT molecular complexity index is 802. The Labute approximate surface area is 179 Å². The van der Waals surface area contributed by atoms with Crippen LogP contribution >= 0.6 is 0 Å². The molecule has 8 nitrogen and oxygen atoms in total. The van der Waals surface area contributed by atoms with Crippen LogP contribution < -0.4 is 14.8 Å². The Morgan fingerprint density at radius 2 is 1.90 bits per heavy atom. The summed E-state index contributed by atoms with van der Waals surface area (Å²) in [5, 5.41) is 2.67. The van der Waals surface area contributed by atoms with Crippen molar-refractivity contribution >= 4 is 15.9 Å². The first-order valence-electron chi connectivity index (χ1n) is 10.3. The van der Waals surface area contributed by atoms with Crippen molar-refractivity contribution in [1.29, 1.82) is 0 Å². The van der Waals surface area contributed by atoms with Crippen LogP contribution in [0, 0.1) is 5.92 Å². The van der Waals surface area contributed by atoms with Gasteiger partial charge >= 0.3 is 0 Å². The number of amides is 1. The minimum Gasteiger partial charge on any atom is -0.493 e. The summed E-state index contributed by atoms with van der Waals surface area (Å²) in [6.07, 6.45) is 0.624. The average molecular weight is 443 g/mol. The largest absolute Gasteiger partial charge is 0.493 e. The molecule has 1 fully saturated rings. The third kappa shape index (κ3) is 7.14. The van der Waals surface area contributed by atoms with Crippen LogP contribution in [0.25, 0.3) is 0 Å². The van der Waals surface area contributed by atoms with Crippen LogP contribution in [-0.4, -0.2) is 69.9 Å². The molecule has 30 heavy (non-hydrogen) atoms. The second-order valence-electron chi connectivity index (χ2n) is 8.04. The van der Waals surface area contributed by atoms with Crippen molar-refractivity contribution in [2.24, 2.45) is 5.92 Å². The lowest BCUT2D eigenvalue weighted by Gasteiger charge is -2.34. The van der Waals surface area contributed by atoms with Gasteiger partial charge in [-0.1, -0.05) is 13.8 Å². The summed E-state index contributed by atoms with van der Waals surface area (Å²) < 4.78 is 43.2. The lowest BCUT2D eigenvalue weighted by Crippen LogP contribution is -2.49. The quantitative estimate of drug-likeness (QED) is 0.598. The van der Waals surface area contributed by atoms with Gasteiger partial charge in [0.05, 0.1) is 31.7 Å². The van der Waals surface area contributed by atoms with E-state index in [4.69, 9.17) is 14.2 Å². The lowest BCUT2D eigenvalue weighted by molar-refractivity contribution is -0.0440. The van der Waals surface area contributed by atoms with E-state index in [1.165, 1.54) is 11.4 Å². The molecule has 1 N–H and O–H groups in total. The number of hydrogen-bond donors (Lipinski definition) is 1. The third-order valence-corrected chi connectivity index (χ3v) is 6.61. The molecule has 0 aliphatic carbocycles. The molecule has 0 spiro atoms. The lowest BCUT2D eigenvalue weighted by atomic mass is 10.1. The van der Waals surface area contributed by atoms with E-state index >= 15 is 0 Å². The summed E-state index contributed by atoms with van der Waals surface area (Å²) in [5.41, 5.74) is 0.383. The van der Waals surface area contributed by atoms with Gasteiger partial charge in [-0.25, -0.2) is 8.42 Å².